The zero-order valence-electron chi connectivity index (χ0n) is 13.2. The normalized spacial score (nSPS) is 11.2. The van der Waals surface area contributed by atoms with Gasteiger partial charge in [-0.2, -0.15) is 0 Å². The summed E-state index contributed by atoms with van der Waals surface area (Å²) < 4.78 is 12.9. The largest absolute Gasteiger partial charge is 0.494 e. The van der Waals surface area contributed by atoms with Gasteiger partial charge < -0.3 is 9.15 Å². The molecular weight excluding hydrogens is 304 g/mol. The Hall–Kier alpha value is -3.08. The van der Waals surface area contributed by atoms with Crippen LogP contribution in [0.3, 0.4) is 0 Å². The van der Waals surface area contributed by atoms with Gasteiger partial charge in [-0.25, -0.2) is 4.98 Å². The molecule has 0 saturated carbocycles. The predicted molar refractivity (Wildman–Crippen MR) is 92.5 cm³/mol. The summed E-state index contributed by atoms with van der Waals surface area (Å²) in [5, 5.41) is 0.853. The van der Waals surface area contributed by atoms with Crippen molar-refractivity contribution in [3.63, 3.8) is 0 Å². The van der Waals surface area contributed by atoms with Crippen molar-refractivity contribution in [1.29, 1.82) is 0 Å². The molecule has 0 N–H and O–H groups in total. The number of benzene rings is 2. The van der Waals surface area contributed by atoms with E-state index in [1.807, 2.05) is 55.5 Å². The van der Waals surface area contributed by atoms with Gasteiger partial charge in [0, 0.05) is 10.9 Å². The molecule has 0 saturated heterocycles. The highest BCUT2D eigenvalue weighted by Gasteiger charge is 2.14. The first kappa shape index (κ1) is 14.5. The molecule has 120 valence electrons. The van der Waals surface area contributed by atoms with Crippen molar-refractivity contribution in [2.24, 2.45) is 0 Å². The fourth-order valence-electron chi connectivity index (χ4n) is 2.84. The standard InChI is InChI=1S/C19H16N2O3/c1-2-23-15-9-5-3-7-13(15)11-21-12-20-17-14-8-4-6-10-16(14)24-18(17)19(21)22/h3-10,12H,2,11H2,1H3. The van der Waals surface area contributed by atoms with Crippen molar-refractivity contribution in [3.8, 4) is 5.75 Å². The molecular formula is C19H16N2O3. The number of nitrogens with zero attached hydrogens (tertiary/aromatic N) is 2. The van der Waals surface area contributed by atoms with E-state index in [1.54, 1.807) is 10.9 Å². The number of fused-ring (bicyclic) bond motifs is 3. The lowest BCUT2D eigenvalue weighted by Crippen LogP contribution is -2.20. The van der Waals surface area contributed by atoms with E-state index in [0.717, 1.165) is 16.7 Å². The monoisotopic (exact) mass is 320 g/mol. The van der Waals surface area contributed by atoms with Gasteiger partial charge in [0.2, 0.25) is 5.58 Å². The highest BCUT2D eigenvalue weighted by molar-refractivity contribution is 6.01. The number of para-hydroxylation sites is 2. The molecule has 0 spiro atoms. The Morgan fingerprint density at radius 2 is 1.92 bits per heavy atom. The smallest absolute Gasteiger partial charge is 0.297 e. The Morgan fingerprint density at radius 1 is 1.12 bits per heavy atom. The Bertz CT molecular complexity index is 1080. The third-order valence-corrected chi connectivity index (χ3v) is 3.96. The van der Waals surface area contributed by atoms with E-state index in [-0.39, 0.29) is 11.1 Å². The lowest BCUT2D eigenvalue weighted by atomic mass is 10.2. The average molecular weight is 320 g/mol. The minimum absolute atomic E-state index is 0.192. The highest BCUT2D eigenvalue weighted by Crippen LogP contribution is 2.24. The first-order valence-corrected chi connectivity index (χ1v) is 7.85. The molecule has 2 heterocycles. The number of hydrogen-bond acceptors (Lipinski definition) is 4. The predicted octanol–water partition coefficient (Wildman–Crippen LogP) is 3.59. The molecule has 0 atom stereocenters. The zero-order chi connectivity index (χ0) is 16.5. The average Bonchev–Trinajstić information content (AvgIpc) is 2.99. The van der Waals surface area contributed by atoms with Gasteiger partial charge in [0.05, 0.1) is 19.5 Å². The van der Waals surface area contributed by atoms with Gasteiger partial charge >= 0.3 is 0 Å². The maximum Gasteiger partial charge on any atom is 0.297 e. The number of aromatic nitrogens is 2. The van der Waals surface area contributed by atoms with Gasteiger partial charge in [-0.05, 0) is 25.1 Å². The number of furan rings is 1. The van der Waals surface area contributed by atoms with Crippen LogP contribution in [-0.4, -0.2) is 16.2 Å². The van der Waals surface area contributed by atoms with Crippen molar-refractivity contribution in [2.45, 2.75) is 13.5 Å². The first-order valence-electron chi connectivity index (χ1n) is 7.85. The van der Waals surface area contributed by atoms with Gasteiger partial charge in [0.1, 0.15) is 16.8 Å². The lowest BCUT2D eigenvalue weighted by Gasteiger charge is -2.11. The molecule has 4 rings (SSSR count). The van der Waals surface area contributed by atoms with Crippen LogP contribution in [0.25, 0.3) is 22.1 Å². The summed E-state index contributed by atoms with van der Waals surface area (Å²) in [6, 6.07) is 15.2. The van der Waals surface area contributed by atoms with Gasteiger partial charge in [0.25, 0.3) is 5.56 Å². The topological polar surface area (TPSA) is 57.3 Å². The second-order valence-corrected chi connectivity index (χ2v) is 5.49. The van der Waals surface area contributed by atoms with Crippen LogP contribution < -0.4 is 10.3 Å². The van der Waals surface area contributed by atoms with Gasteiger partial charge in [-0.15, -0.1) is 0 Å². The summed E-state index contributed by atoms with van der Waals surface area (Å²) in [5.41, 5.74) is 2.29. The molecule has 0 aliphatic heterocycles. The van der Waals surface area contributed by atoms with E-state index in [0.29, 0.717) is 24.3 Å². The van der Waals surface area contributed by atoms with Crippen LogP contribution >= 0.6 is 0 Å². The maximum absolute atomic E-state index is 12.8. The Morgan fingerprint density at radius 3 is 2.79 bits per heavy atom. The van der Waals surface area contributed by atoms with Crippen LogP contribution in [0.15, 0.2) is 64.1 Å². The molecule has 0 aliphatic carbocycles. The van der Waals surface area contributed by atoms with E-state index >= 15 is 0 Å². The summed E-state index contributed by atoms with van der Waals surface area (Å²) in [6.07, 6.45) is 1.56. The van der Waals surface area contributed by atoms with Gasteiger partial charge in [0.15, 0.2) is 0 Å². The van der Waals surface area contributed by atoms with Crippen molar-refractivity contribution < 1.29 is 9.15 Å². The second-order valence-electron chi connectivity index (χ2n) is 5.49. The molecule has 24 heavy (non-hydrogen) atoms. The molecule has 0 bridgehead atoms. The Balaban J connectivity index is 1.82. The molecule has 5 heteroatoms. The van der Waals surface area contributed by atoms with Crippen molar-refractivity contribution >= 4 is 22.1 Å². The molecule has 0 fully saturated rings. The van der Waals surface area contributed by atoms with E-state index in [9.17, 15) is 4.79 Å². The third kappa shape index (κ3) is 2.34. The van der Waals surface area contributed by atoms with E-state index in [2.05, 4.69) is 4.98 Å². The van der Waals surface area contributed by atoms with Crippen LogP contribution in [0.5, 0.6) is 5.75 Å². The Kier molecular flexibility index (Phi) is 3.54. The molecule has 4 aromatic rings. The minimum Gasteiger partial charge on any atom is -0.494 e. The Labute approximate surface area is 138 Å². The van der Waals surface area contributed by atoms with Crippen LogP contribution in [0.4, 0.5) is 0 Å². The molecule has 5 nitrogen and oxygen atoms in total. The molecule has 0 amide bonds. The van der Waals surface area contributed by atoms with Gasteiger partial charge in [-0.1, -0.05) is 30.3 Å². The van der Waals surface area contributed by atoms with Crippen molar-refractivity contribution in [2.75, 3.05) is 6.61 Å². The fraction of sp³-hybridized carbons (Fsp3) is 0.158. The summed E-state index contributed by atoms with van der Waals surface area (Å²) >= 11 is 0. The van der Waals surface area contributed by atoms with E-state index in [1.165, 1.54) is 0 Å². The highest BCUT2D eigenvalue weighted by atomic mass is 16.5. The van der Waals surface area contributed by atoms with Gasteiger partial charge in [-0.3, -0.25) is 9.36 Å². The van der Waals surface area contributed by atoms with Crippen LogP contribution in [-0.2, 0) is 6.54 Å². The SMILES string of the molecule is CCOc1ccccc1Cn1cnc2c(oc3ccccc32)c1=O. The quantitative estimate of drug-likeness (QED) is 0.576. The van der Waals surface area contributed by atoms with Crippen LogP contribution in [0.2, 0.25) is 0 Å². The summed E-state index contributed by atoms with van der Waals surface area (Å²) in [4.78, 5) is 17.2. The second kappa shape index (κ2) is 5.85. The summed E-state index contributed by atoms with van der Waals surface area (Å²) in [6.45, 7) is 2.90. The molecule has 2 aromatic carbocycles. The van der Waals surface area contributed by atoms with Crippen molar-refractivity contribution in [1.82, 2.24) is 9.55 Å². The minimum atomic E-state index is -0.192. The van der Waals surface area contributed by atoms with Crippen LogP contribution in [0, 0.1) is 0 Å². The fourth-order valence-corrected chi connectivity index (χ4v) is 2.84. The first-order chi connectivity index (χ1) is 11.8. The maximum atomic E-state index is 12.8. The molecule has 0 aliphatic rings. The van der Waals surface area contributed by atoms with E-state index in [4.69, 9.17) is 9.15 Å². The number of hydrogen-bond donors (Lipinski definition) is 0. The zero-order valence-corrected chi connectivity index (χ0v) is 13.2. The molecule has 0 unspecified atom stereocenters. The lowest BCUT2D eigenvalue weighted by molar-refractivity contribution is 0.335. The van der Waals surface area contributed by atoms with Crippen molar-refractivity contribution in [3.05, 3.63) is 70.8 Å². The summed E-state index contributed by atoms with van der Waals surface area (Å²) in [7, 11) is 0. The molecule has 2 aromatic heterocycles. The number of ether oxygens (including phenoxy) is 1. The number of rotatable bonds is 4. The van der Waals surface area contributed by atoms with E-state index < -0.39 is 0 Å². The third-order valence-electron chi connectivity index (χ3n) is 3.96. The molecule has 0 radical (unpaired) electrons. The van der Waals surface area contributed by atoms with Crippen LogP contribution in [0.1, 0.15) is 12.5 Å². The summed E-state index contributed by atoms with van der Waals surface area (Å²) in [5.74, 6) is 0.775.